The van der Waals surface area contributed by atoms with E-state index in [-0.39, 0.29) is 12.4 Å². The maximum atomic E-state index is 13.5. The number of halogens is 1. The van der Waals surface area contributed by atoms with Crippen molar-refractivity contribution in [3.05, 3.63) is 58.9 Å². The summed E-state index contributed by atoms with van der Waals surface area (Å²) in [5, 5.41) is 18.3. The molecule has 0 unspecified atom stereocenters. The summed E-state index contributed by atoms with van der Waals surface area (Å²) >= 11 is 0. The molecule has 0 saturated carbocycles. The van der Waals surface area contributed by atoms with Gasteiger partial charge in [0.25, 0.3) is 0 Å². The minimum atomic E-state index is -0.420. The van der Waals surface area contributed by atoms with Crippen molar-refractivity contribution in [2.24, 2.45) is 0 Å². The Bertz CT molecular complexity index is 647. The van der Waals surface area contributed by atoms with Gasteiger partial charge < -0.3 is 9.84 Å². The highest BCUT2D eigenvalue weighted by atomic mass is 19.1. The van der Waals surface area contributed by atoms with Crippen molar-refractivity contribution < 1.29 is 14.2 Å². The van der Waals surface area contributed by atoms with Gasteiger partial charge in [0.15, 0.2) is 0 Å². The summed E-state index contributed by atoms with van der Waals surface area (Å²) in [6.07, 6.45) is 0. The normalized spacial score (nSPS) is 9.95. The number of rotatable bonds is 3. The van der Waals surface area contributed by atoms with Crippen LogP contribution in [-0.2, 0) is 6.61 Å². The van der Waals surface area contributed by atoms with Crippen LogP contribution in [0.2, 0.25) is 0 Å². The molecule has 0 spiro atoms. The molecule has 0 aliphatic carbocycles. The van der Waals surface area contributed by atoms with Gasteiger partial charge in [-0.05, 0) is 37.3 Å². The Morgan fingerprint density at radius 2 is 2.11 bits per heavy atom. The molecule has 0 aromatic heterocycles. The zero-order valence-electron chi connectivity index (χ0n) is 10.4. The Morgan fingerprint density at radius 3 is 2.84 bits per heavy atom. The second-order valence-electron chi connectivity index (χ2n) is 4.11. The first-order valence-corrected chi connectivity index (χ1v) is 5.71. The Labute approximate surface area is 110 Å². The maximum absolute atomic E-state index is 13.5. The van der Waals surface area contributed by atoms with Crippen molar-refractivity contribution in [1.82, 2.24) is 0 Å². The van der Waals surface area contributed by atoms with E-state index in [0.29, 0.717) is 22.4 Å². The van der Waals surface area contributed by atoms with E-state index >= 15 is 0 Å². The van der Waals surface area contributed by atoms with E-state index in [1.807, 2.05) is 6.07 Å². The number of nitriles is 1. The summed E-state index contributed by atoms with van der Waals surface area (Å²) in [6.45, 7) is 1.72. The van der Waals surface area contributed by atoms with E-state index in [4.69, 9.17) is 10.00 Å². The molecule has 2 aromatic carbocycles. The minimum Gasteiger partial charge on any atom is -0.508 e. The summed E-state index contributed by atoms with van der Waals surface area (Å²) in [5.41, 5.74) is 1.29. The number of phenolic OH excluding ortho intramolecular Hbond substituents is 1. The van der Waals surface area contributed by atoms with Gasteiger partial charge in [-0.2, -0.15) is 5.26 Å². The van der Waals surface area contributed by atoms with Crippen LogP contribution < -0.4 is 4.74 Å². The molecule has 2 aromatic rings. The molecule has 3 nitrogen and oxygen atoms in total. The largest absolute Gasteiger partial charge is 0.508 e. The fourth-order valence-electron chi connectivity index (χ4n) is 1.67. The third-order valence-corrected chi connectivity index (χ3v) is 2.81. The summed E-state index contributed by atoms with van der Waals surface area (Å²) in [4.78, 5) is 0. The molecule has 2 rings (SSSR count). The summed E-state index contributed by atoms with van der Waals surface area (Å²) < 4.78 is 19.0. The highest BCUT2D eigenvalue weighted by Crippen LogP contribution is 2.27. The van der Waals surface area contributed by atoms with E-state index in [2.05, 4.69) is 0 Å². The molecule has 0 fully saturated rings. The van der Waals surface area contributed by atoms with Crippen molar-refractivity contribution in [2.45, 2.75) is 13.5 Å². The van der Waals surface area contributed by atoms with Gasteiger partial charge in [-0.15, -0.1) is 0 Å². The second kappa shape index (κ2) is 5.40. The molecular formula is C15H12FNO2. The van der Waals surface area contributed by atoms with Crippen LogP contribution in [0, 0.1) is 24.1 Å². The molecule has 0 amide bonds. The van der Waals surface area contributed by atoms with Crippen molar-refractivity contribution in [2.75, 3.05) is 0 Å². The minimum absolute atomic E-state index is 0.00560. The summed E-state index contributed by atoms with van der Waals surface area (Å²) in [6, 6.07) is 11.0. The van der Waals surface area contributed by atoms with Crippen molar-refractivity contribution >= 4 is 0 Å². The maximum Gasteiger partial charge on any atom is 0.129 e. The number of benzene rings is 2. The first-order valence-electron chi connectivity index (χ1n) is 5.71. The Balaban J connectivity index is 2.19. The molecule has 0 bridgehead atoms. The second-order valence-corrected chi connectivity index (χ2v) is 4.11. The van der Waals surface area contributed by atoms with Gasteiger partial charge >= 0.3 is 0 Å². The summed E-state index contributed by atoms with van der Waals surface area (Å²) in [5.74, 6) is 0.197. The SMILES string of the molecule is Cc1c(O)cccc1OCc1cc(C#N)ccc1F. The van der Waals surface area contributed by atoms with Crippen LogP contribution in [0.25, 0.3) is 0 Å². The van der Waals surface area contributed by atoms with E-state index in [9.17, 15) is 9.50 Å². The Kier molecular flexibility index (Phi) is 3.67. The lowest BCUT2D eigenvalue weighted by Crippen LogP contribution is -2.00. The van der Waals surface area contributed by atoms with Gasteiger partial charge in [-0.25, -0.2) is 4.39 Å². The predicted molar refractivity (Wildman–Crippen MR) is 68.3 cm³/mol. The molecule has 4 heteroatoms. The molecule has 0 heterocycles. The average Bonchev–Trinajstić information content (AvgIpc) is 2.42. The zero-order valence-corrected chi connectivity index (χ0v) is 10.4. The van der Waals surface area contributed by atoms with Crippen LogP contribution in [0.1, 0.15) is 16.7 Å². The van der Waals surface area contributed by atoms with Crippen LogP contribution in [0.15, 0.2) is 36.4 Å². The molecule has 0 aliphatic rings. The van der Waals surface area contributed by atoms with Gasteiger partial charge in [0.2, 0.25) is 0 Å². The van der Waals surface area contributed by atoms with Crippen LogP contribution in [-0.4, -0.2) is 5.11 Å². The van der Waals surface area contributed by atoms with Crippen LogP contribution in [0.4, 0.5) is 4.39 Å². The topological polar surface area (TPSA) is 53.2 Å². The lowest BCUT2D eigenvalue weighted by atomic mass is 10.1. The van der Waals surface area contributed by atoms with Crippen LogP contribution in [0.5, 0.6) is 11.5 Å². The highest BCUT2D eigenvalue weighted by molar-refractivity contribution is 5.42. The molecule has 1 N–H and O–H groups in total. The molecular weight excluding hydrogens is 245 g/mol. The number of phenols is 1. The summed E-state index contributed by atoms with van der Waals surface area (Å²) in [7, 11) is 0. The van der Waals surface area contributed by atoms with E-state index in [0.717, 1.165) is 0 Å². The van der Waals surface area contributed by atoms with Crippen molar-refractivity contribution in [3.8, 4) is 17.6 Å². The first-order chi connectivity index (χ1) is 9.11. The van der Waals surface area contributed by atoms with Gasteiger partial charge in [0.05, 0.1) is 11.6 Å². The third kappa shape index (κ3) is 2.83. The smallest absolute Gasteiger partial charge is 0.129 e. The number of hydrogen-bond acceptors (Lipinski definition) is 3. The lowest BCUT2D eigenvalue weighted by Gasteiger charge is -2.10. The van der Waals surface area contributed by atoms with E-state index in [1.165, 1.54) is 18.2 Å². The van der Waals surface area contributed by atoms with E-state index in [1.54, 1.807) is 25.1 Å². The van der Waals surface area contributed by atoms with Gasteiger partial charge in [-0.3, -0.25) is 0 Å². The van der Waals surface area contributed by atoms with Crippen molar-refractivity contribution in [1.29, 1.82) is 5.26 Å². The highest BCUT2D eigenvalue weighted by Gasteiger charge is 2.07. The van der Waals surface area contributed by atoms with Gasteiger partial charge in [0.1, 0.15) is 23.9 Å². The van der Waals surface area contributed by atoms with Gasteiger partial charge in [0, 0.05) is 11.1 Å². The van der Waals surface area contributed by atoms with E-state index < -0.39 is 5.82 Å². The molecule has 0 aliphatic heterocycles. The first kappa shape index (κ1) is 12.9. The molecule has 0 radical (unpaired) electrons. The Hall–Kier alpha value is -2.54. The molecule has 96 valence electrons. The standard InChI is InChI=1S/C15H12FNO2/c1-10-14(18)3-2-4-15(10)19-9-12-7-11(8-17)5-6-13(12)16/h2-7,18H,9H2,1H3. The fraction of sp³-hybridized carbons (Fsp3) is 0.133. The Morgan fingerprint density at radius 1 is 1.32 bits per heavy atom. The fourth-order valence-corrected chi connectivity index (χ4v) is 1.67. The number of aromatic hydroxyl groups is 1. The third-order valence-electron chi connectivity index (χ3n) is 2.81. The molecule has 0 saturated heterocycles. The van der Waals surface area contributed by atoms with Crippen LogP contribution >= 0.6 is 0 Å². The van der Waals surface area contributed by atoms with Gasteiger partial charge in [-0.1, -0.05) is 6.07 Å². The number of nitrogens with zero attached hydrogens (tertiary/aromatic N) is 1. The number of hydrogen-bond donors (Lipinski definition) is 1. The van der Waals surface area contributed by atoms with Crippen LogP contribution in [0.3, 0.4) is 0 Å². The predicted octanol–water partition coefficient (Wildman–Crippen LogP) is 3.29. The average molecular weight is 257 g/mol. The lowest BCUT2D eigenvalue weighted by molar-refractivity contribution is 0.295. The monoisotopic (exact) mass is 257 g/mol. The molecule has 0 atom stereocenters. The van der Waals surface area contributed by atoms with Crippen molar-refractivity contribution in [3.63, 3.8) is 0 Å². The molecule has 19 heavy (non-hydrogen) atoms. The number of ether oxygens (including phenoxy) is 1. The zero-order chi connectivity index (χ0) is 13.8. The quantitative estimate of drug-likeness (QED) is 0.917.